The molecule has 0 fully saturated rings. The molecule has 0 spiro atoms. The smallest absolute Gasteiger partial charge is 0.131 e. The van der Waals surface area contributed by atoms with Gasteiger partial charge in [0.05, 0.1) is 34.1 Å². The number of anilines is 6. The van der Waals surface area contributed by atoms with Gasteiger partial charge in [0.15, 0.2) is 0 Å². The van der Waals surface area contributed by atoms with Crippen molar-refractivity contribution in [3.8, 4) is 34.4 Å². The largest absolute Gasteiger partial charge is 0.457 e. The fourth-order valence-electron chi connectivity index (χ4n) is 4.71. The van der Waals surface area contributed by atoms with Gasteiger partial charge in [-0.1, -0.05) is 36.4 Å². The van der Waals surface area contributed by atoms with Crippen LogP contribution in [0, 0.1) is 0 Å². The summed E-state index contributed by atoms with van der Waals surface area (Å²) in [7, 11) is 3.80. The summed E-state index contributed by atoms with van der Waals surface area (Å²) >= 11 is 0. The van der Waals surface area contributed by atoms with Gasteiger partial charge in [0.25, 0.3) is 0 Å². The second-order valence-corrected chi connectivity index (χ2v) is 9.85. The highest BCUT2D eigenvalue weighted by atomic mass is 16.5. The molecule has 6 rings (SSSR count). The highest BCUT2D eigenvalue weighted by molar-refractivity contribution is 5.75. The number of ether oxygens (including phenoxy) is 2. The van der Waals surface area contributed by atoms with Crippen molar-refractivity contribution in [2.75, 3.05) is 35.4 Å². The Kier molecular flexibility index (Phi) is 8.50. The molecule has 44 heavy (non-hydrogen) atoms. The quantitative estimate of drug-likeness (QED) is 0.120. The first-order valence-electron chi connectivity index (χ1n) is 14.2. The topological polar surface area (TPSA) is 92.4 Å². The van der Waals surface area contributed by atoms with Crippen molar-refractivity contribution in [3.05, 3.63) is 134 Å². The number of rotatable bonds is 11. The van der Waals surface area contributed by atoms with E-state index < -0.39 is 0 Å². The van der Waals surface area contributed by atoms with Crippen molar-refractivity contribution < 1.29 is 9.47 Å². The maximum atomic E-state index is 6.21. The second-order valence-electron chi connectivity index (χ2n) is 9.85. The molecule has 0 aliphatic heterocycles. The summed E-state index contributed by atoms with van der Waals surface area (Å²) in [4.78, 5) is 9.07. The van der Waals surface area contributed by atoms with Crippen LogP contribution in [-0.2, 0) is 0 Å². The minimum Gasteiger partial charge on any atom is -0.457 e. The molecule has 2 aromatic heterocycles. The first-order valence-corrected chi connectivity index (χ1v) is 14.2. The van der Waals surface area contributed by atoms with Crippen LogP contribution >= 0.6 is 0 Å². The van der Waals surface area contributed by atoms with Gasteiger partial charge in [0.1, 0.15) is 23.0 Å². The van der Waals surface area contributed by atoms with Crippen LogP contribution in [-0.4, -0.2) is 24.1 Å². The summed E-state index contributed by atoms with van der Waals surface area (Å²) < 4.78 is 12.4. The van der Waals surface area contributed by atoms with Crippen LogP contribution in [0.1, 0.15) is 0 Å². The average Bonchev–Trinajstić information content (AvgIpc) is 3.06. The van der Waals surface area contributed by atoms with Crippen LogP contribution in [0.3, 0.4) is 0 Å². The van der Waals surface area contributed by atoms with Crippen LogP contribution in [0.15, 0.2) is 134 Å². The molecule has 8 heteroatoms. The molecule has 2 heterocycles. The standard InChI is InChI=1S/C36H32N6O2/c1-37-31-13-3-5-15-33(31)41-25-9-7-11-27(21-25)43-29-17-19-39-35(23-29)36-24-30(18-20-40-36)44-28-12-8-10-26(22-28)42-34-16-6-4-14-32(34)38-2/h3-24,37-38,41-42H,1-2H3. The van der Waals surface area contributed by atoms with Crippen LogP contribution in [0.5, 0.6) is 23.0 Å². The molecular formula is C36H32N6O2. The van der Waals surface area contributed by atoms with Gasteiger partial charge < -0.3 is 30.7 Å². The maximum Gasteiger partial charge on any atom is 0.131 e. The highest BCUT2D eigenvalue weighted by Crippen LogP contribution is 2.32. The Morgan fingerprint density at radius 3 is 1.27 bits per heavy atom. The molecule has 0 unspecified atom stereocenters. The summed E-state index contributed by atoms with van der Waals surface area (Å²) in [6, 6.07) is 39.1. The normalized spacial score (nSPS) is 10.5. The number of nitrogens with one attached hydrogen (secondary N) is 4. The van der Waals surface area contributed by atoms with Crippen LogP contribution in [0.25, 0.3) is 11.4 Å². The van der Waals surface area contributed by atoms with E-state index >= 15 is 0 Å². The Balaban J connectivity index is 1.16. The molecule has 0 aliphatic carbocycles. The molecule has 4 aromatic carbocycles. The first-order chi connectivity index (χ1) is 21.7. The van der Waals surface area contributed by atoms with E-state index in [-0.39, 0.29) is 0 Å². The molecule has 0 atom stereocenters. The highest BCUT2D eigenvalue weighted by Gasteiger charge is 2.09. The maximum absolute atomic E-state index is 6.21. The number of benzene rings is 4. The SMILES string of the molecule is CNc1ccccc1Nc1cccc(Oc2ccnc(-c3cc(Oc4cccc(Nc5ccccc5NC)c4)ccn3)c2)c1. The van der Waals surface area contributed by atoms with Gasteiger partial charge in [-0.05, 0) is 60.7 Å². The van der Waals surface area contributed by atoms with Gasteiger partial charge in [0.2, 0.25) is 0 Å². The van der Waals surface area contributed by atoms with Crippen LogP contribution in [0.4, 0.5) is 34.1 Å². The molecule has 4 N–H and O–H groups in total. The Morgan fingerprint density at radius 1 is 0.432 bits per heavy atom. The van der Waals surface area contributed by atoms with Crippen molar-refractivity contribution >= 4 is 34.1 Å². The van der Waals surface area contributed by atoms with Crippen molar-refractivity contribution in [1.82, 2.24) is 9.97 Å². The number of nitrogens with zero attached hydrogens (tertiary/aromatic N) is 2. The molecule has 0 aliphatic rings. The molecule has 0 bridgehead atoms. The second kappa shape index (κ2) is 13.3. The fraction of sp³-hybridized carbons (Fsp3) is 0.0556. The number of hydrogen-bond donors (Lipinski definition) is 4. The van der Waals surface area contributed by atoms with Crippen molar-refractivity contribution in [2.45, 2.75) is 0 Å². The van der Waals surface area contributed by atoms with Gasteiger partial charge in [0, 0.05) is 62.1 Å². The number of pyridine rings is 2. The zero-order chi connectivity index (χ0) is 30.1. The zero-order valence-corrected chi connectivity index (χ0v) is 24.4. The summed E-state index contributed by atoms with van der Waals surface area (Å²) in [6.07, 6.45) is 3.42. The predicted octanol–water partition coefficient (Wildman–Crippen LogP) is 9.30. The predicted molar refractivity (Wildman–Crippen MR) is 179 cm³/mol. The van der Waals surface area contributed by atoms with E-state index in [1.165, 1.54) is 0 Å². The molecule has 8 nitrogen and oxygen atoms in total. The Bertz CT molecular complexity index is 1740. The van der Waals surface area contributed by atoms with E-state index in [4.69, 9.17) is 9.47 Å². The van der Waals surface area contributed by atoms with Gasteiger partial charge in [-0.15, -0.1) is 0 Å². The van der Waals surface area contributed by atoms with Gasteiger partial charge in [-0.25, -0.2) is 0 Å². The monoisotopic (exact) mass is 580 g/mol. The van der Waals surface area contributed by atoms with Crippen LogP contribution in [0.2, 0.25) is 0 Å². The van der Waals surface area contributed by atoms with E-state index in [1.54, 1.807) is 12.4 Å². The summed E-state index contributed by atoms with van der Waals surface area (Å²) in [5.74, 6) is 2.70. The third-order valence-corrected chi connectivity index (χ3v) is 6.82. The lowest BCUT2D eigenvalue weighted by molar-refractivity contribution is 0.481. The molecule has 6 aromatic rings. The lowest BCUT2D eigenvalue weighted by Gasteiger charge is -2.13. The minimum atomic E-state index is 0.650. The van der Waals surface area contributed by atoms with E-state index in [1.807, 2.05) is 135 Å². The van der Waals surface area contributed by atoms with Crippen molar-refractivity contribution in [2.24, 2.45) is 0 Å². The van der Waals surface area contributed by atoms with Gasteiger partial charge >= 0.3 is 0 Å². The van der Waals surface area contributed by atoms with Crippen LogP contribution < -0.4 is 30.7 Å². The van der Waals surface area contributed by atoms with Crippen molar-refractivity contribution in [1.29, 1.82) is 0 Å². The van der Waals surface area contributed by atoms with E-state index in [9.17, 15) is 0 Å². The van der Waals surface area contributed by atoms with E-state index in [0.29, 0.717) is 34.4 Å². The zero-order valence-electron chi connectivity index (χ0n) is 24.4. The minimum absolute atomic E-state index is 0.650. The Morgan fingerprint density at radius 2 is 0.841 bits per heavy atom. The van der Waals surface area contributed by atoms with Gasteiger partial charge in [-0.2, -0.15) is 0 Å². The fourth-order valence-corrected chi connectivity index (χ4v) is 4.71. The molecule has 0 saturated carbocycles. The number of hydrogen-bond acceptors (Lipinski definition) is 8. The van der Waals surface area contributed by atoms with Crippen molar-refractivity contribution in [3.63, 3.8) is 0 Å². The summed E-state index contributed by atoms with van der Waals surface area (Å²) in [5, 5.41) is 13.3. The Labute approximate surface area is 256 Å². The average molecular weight is 581 g/mol. The lowest BCUT2D eigenvalue weighted by atomic mass is 10.2. The molecular weight excluding hydrogens is 548 g/mol. The molecule has 0 radical (unpaired) electrons. The van der Waals surface area contributed by atoms with E-state index in [0.717, 1.165) is 34.1 Å². The van der Waals surface area contributed by atoms with Gasteiger partial charge in [-0.3, -0.25) is 9.97 Å². The summed E-state index contributed by atoms with van der Waals surface area (Å²) in [6.45, 7) is 0. The molecule has 0 saturated heterocycles. The number of para-hydroxylation sites is 4. The Hall–Kier alpha value is -6.02. The molecule has 218 valence electrons. The third kappa shape index (κ3) is 6.88. The van der Waals surface area contributed by atoms with E-state index in [2.05, 4.69) is 31.2 Å². The number of aromatic nitrogens is 2. The first kappa shape index (κ1) is 28.1. The third-order valence-electron chi connectivity index (χ3n) is 6.82. The molecule has 0 amide bonds. The lowest BCUT2D eigenvalue weighted by Crippen LogP contribution is -1.97. The summed E-state index contributed by atoms with van der Waals surface area (Å²) in [5.41, 5.74) is 7.15.